The number of sulfonamides is 1. The standard InChI is InChI=1S/C25H33ClN2O4S/c1-25(2,3)22-11-4-5-12-23(22)32-15-13-27-24(29)20-9-7-14-28(17-20)33(30,31)18-19-8-6-10-21(26)16-19/h4-6,8,10-12,16,20H,7,9,13-15,17-18H2,1-3H3,(H,27,29)/t20-/m1/s1. The van der Waals surface area contributed by atoms with Crippen molar-refractivity contribution in [3.05, 3.63) is 64.7 Å². The Balaban J connectivity index is 1.51. The molecule has 1 amide bonds. The van der Waals surface area contributed by atoms with Crippen molar-refractivity contribution in [2.75, 3.05) is 26.2 Å². The molecule has 1 heterocycles. The predicted molar refractivity (Wildman–Crippen MR) is 132 cm³/mol. The lowest BCUT2D eigenvalue weighted by molar-refractivity contribution is -0.126. The molecular weight excluding hydrogens is 460 g/mol. The Hall–Kier alpha value is -2.09. The van der Waals surface area contributed by atoms with E-state index in [4.69, 9.17) is 16.3 Å². The van der Waals surface area contributed by atoms with Crippen molar-refractivity contribution in [1.82, 2.24) is 9.62 Å². The summed E-state index contributed by atoms with van der Waals surface area (Å²) in [7, 11) is -3.53. The number of carbonyl (C=O) groups is 1. The highest BCUT2D eigenvalue weighted by Gasteiger charge is 2.32. The zero-order chi connectivity index (χ0) is 24.1. The van der Waals surface area contributed by atoms with E-state index in [0.717, 1.165) is 11.3 Å². The molecule has 0 saturated carbocycles. The largest absolute Gasteiger partial charge is 0.491 e. The van der Waals surface area contributed by atoms with Crippen LogP contribution in [-0.4, -0.2) is 44.9 Å². The lowest BCUT2D eigenvalue weighted by Gasteiger charge is -2.31. The minimum Gasteiger partial charge on any atom is -0.491 e. The molecular formula is C25H33ClN2O4S. The highest BCUT2D eigenvalue weighted by molar-refractivity contribution is 7.88. The summed E-state index contributed by atoms with van der Waals surface area (Å²) in [4.78, 5) is 12.7. The fourth-order valence-electron chi connectivity index (χ4n) is 4.03. The second-order valence-electron chi connectivity index (χ2n) is 9.47. The molecule has 1 aliphatic rings. The maximum atomic E-state index is 12.9. The Bertz CT molecular complexity index is 1070. The smallest absolute Gasteiger partial charge is 0.224 e. The molecule has 0 spiro atoms. The van der Waals surface area contributed by atoms with Crippen LogP contribution in [0.5, 0.6) is 5.75 Å². The van der Waals surface area contributed by atoms with Gasteiger partial charge >= 0.3 is 0 Å². The average Bonchev–Trinajstić information content (AvgIpc) is 2.76. The van der Waals surface area contributed by atoms with Gasteiger partial charge in [-0.1, -0.05) is 62.7 Å². The molecule has 0 aromatic heterocycles. The Morgan fingerprint density at radius 1 is 1.18 bits per heavy atom. The Labute approximate surface area is 202 Å². The highest BCUT2D eigenvalue weighted by Crippen LogP contribution is 2.30. The minimum atomic E-state index is -3.53. The summed E-state index contributed by atoms with van der Waals surface area (Å²) in [5.74, 6) is 0.193. The molecule has 0 bridgehead atoms. The van der Waals surface area contributed by atoms with Gasteiger partial charge in [0.25, 0.3) is 0 Å². The maximum Gasteiger partial charge on any atom is 0.224 e. The van der Waals surface area contributed by atoms with Crippen LogP contribution in [0.2, 0.25) is 5.02 Å². The predicted octanol–water partition coefficient (Wildman–Crippen LogP) is 4.37. The summed E-state index contributed by atoms with van der Waals surface area (Å²) in [5.41, 5.74) is 1.72. The van der Waals surface area contributed by atoms with Gasteiger partial charge in [0.1, 0.15) is 12.4 Å². The summed E-state index contributed by atoms with van der Waals surface area (Å²) in [6.45, 7) is 7.73. The number of nitrogens with zero attached hydrogens (tertiary/aromatic N) is 1. The Kier molecular flexibility index (Phi) is 8.43. The van der Waals surface area contributed by atoms with Gasteiger partial charge in [-0.25, -0.2) is 12.7 Å². The topological polar surface area (TPSA) is 75.7 Å². The van der Waals surface area contributed by atoms with Crippen LogP contribution < -0.4 is 10.1 Å². The molecule has 1 atom stereocenters. The number of nitrogens with one attached hydrogen (secondary N) is 1. The van der Waals surface area contributed by atoms with E-state index < -0.39 is 10.0 Å². The van der Waals surface area contributed by atoms with Crippen LogP contribution in [0, 0.1) is 5.92 Å². The van der Waals surface area contributed by atoms with E-state index in [9.17, 15) is 13.2 Å². The monoisotopic (exact) mass is 492 g/mol. The summed E-state index contributed by atoms with van der Waals surface area (Å²) >= 11 is 5.98. The third-order valence-electron chi connectivity index (χ3n) is 5.74. The normalized spacial score (nSPS) is 17.5. The van der Waals surface area contributed by atoms with Crippen LogP contribution >= 0.6 is 11.6 Å². The number of hydrogen-bond donors (Lipinski definition) is 1. The Morgan fingerprint density at radius 2 is 1.94 bits per heavy atom. The van der Waals surface area contributed by atoms with E-state index >= 15 is 0 Å². The molecule has 1 saturated heterocycles. The van der Waals surface area contributed by atoms with Crippen molar-refractivity contribution in [2.45, 2.75) is 44.8 Å². The van der Waals surface area contributed by atoms with E-state index in [0.29, 0.717) is 43.1 Å². The van der Waals surface area contributed by atoms with E-state index in [1.165, 1.54) is 4.31 Å². The zero-order valence-electron chi connectivity index (χ0n) is 19.5. The molecule has 1 fully saturated rings. The molecule has 0 aliphatic carbocycles. The van der Waals surface area contributed by atoms with Gasteiger partial charge in [-0.05, 0) is 47.6 Å². The van der Waals surface area contributed by atoms with Gasteiger partial charge in [0.05, 0.1) is 18.2 Å². The number of piperidine rings is 1. The quantitative estimate of drug-likeness (QED) is 0.555. The number of para-hydroxylation sites is 1. The first-order chi connectivity index (χ1) is 15.6. The molecule has 0 radical (unpaired) electrons. The first kappa shape index (κ1) is 25.5. The second kappa shape index (κ2) is 10.9. The number of hydrogen-bond acceptors (Lipinski definition) is 4. The van der Waals surface area contributed by atoms with Crippen molar-refractivity contribution in [3.63, 3.8) is 0 Å². The fraction of sp³-hybridized carbons (Fsp3) is 0.480. The second-order valence-corrected chi connectivity index (χ2v) is 11.9. The number of rotatable bonds is 8. The van der Waals surface area contributed by atoms with Crippen molar-refractivity contribution in [2.24, 2.45) is 5.92 Å². The molecule has 180 valence electrons. The first-order valence-electron chi connectivity index (χ1n) is 11.3. The fourth-order valence-corrected chi connectivity index (χ4v) is 5.84. The molecule has 33 heavy (non-hydrogen) atoms. The molecule has 1 aliphatic heterocycles. The number of carbonyl (C=O) groups excluding carboxylic acids is 1. The molecule has 8 heteroatoms. The number of halogens is 1. The van der Waals surface area contributed by atoms with Crippen LogP contribution in [-0.2, 0) is 26.0 Å². The summed E-state index contributed by atoms with van der Waals surface area (Å²) in [5, 5.41) is 3.41. The summed E-state index contributed by atoms with van der Waals surface area (Å²) in [6.07, 6.45) is 1.32. The average molecular weight is 493 g/mol. The number of benzene rings is 2. The van der Waals surface area contributed by atoms with Gasteiger partial charge in [-0.3, -0.25) is 4.79 Å². The molecule has 2 aromatic carbocycles. The number of ether oxygens (including phenoxy) is 1. The SMILES string of the molecule is CC(C)(C)c1ccccc1OCCNC(=O)[C@@H]1CCCN(S(=O)(=O)Cc2cccc(Cl)c2)C1. The molecule has 1 N–H and O–H groups in total. The van der Waals surface area contributed by atoms with Gasteiger partial charge in [0.15, 0.2) is 0 Å². The van der Waals surface area contributed by atoms with E-state index in [2.05, 4.69) is 26.1 Å². The Morgan fingerprint density at radius 3 is 2.67 bits per heavy atom. The van der Waals surface area contributed by atoms with Crippen LogP contribution in [0.25, 0.3) is 0 Å². The van der Waals surface area contributed by atoms with E-state index in [-0.39, 0.29) is 29.5 Å². The number of amides is 1. The maximum absolute atomic E-state index is 12.9. The van der Waals surface area contributed by atoms with Crippen LogP contribution in [0.3, 0.4) is 0 Å². The third kappa shape index (κ3) is 7.19. The van der Waals surface area contributed by atoms with Crippen LogP contribution in [0.1, 0.15) is 44.7 Å². The molecule has 2 aromatic rings. The van der Waals surface area contributed by atoms with Gasteiger partial charge in [0, 0.05) is 18.1 Å². The zero-order valence-corrected chi connectivity index (χ0v) is 21.1. The van der Waals surface area contributed by atoms with Gasteiger partial charge in [-0.15, -0.1) is 0 Å². The van der Waals surface area contributed by atoms with Crippen molar-refractivity contribution in [1.29, 1.82) is 0 Å². The van der Waals surface area contributed by atoms with Crippen LogP contribution in [0.4, 0.5) is 0 Å². The van der Waals surface area contributed by atoms with Gasteiger partial charge in [-0.2, -0.15) is 0 Å². The minimum absolute atomic E-state index is 0.0397. The van der Waals surface area contributed by atoms with Crippen LogP contribution in [0.15, 0.2) is 48.5 Å². The summed E-state index contributed by atoms with van der Waals surface area (Å²) in [6, 6.07) is 14.8. The lowest BCUT2D eigenvalue weighted by Crippen LogP contribution is -2.46. The van der Waals surface area contributed by atoms with Crippen molar-refractivity contribution < 1.29 is 17.9 Å². The lowest BCUT2D eigenvalue weighted by atomic mass is 9.86. The van der Waals surface area contributed by atoms with Crippen molar-refractivity contribution >= 4 is 27.5 Å². The molecule has 3 rings (SSSR count). The van der Waals surface area contributed by atoms with Gasteiger partial charge in [0.2, 0.25) is 15.9 Å². The highest BCUT2D eigenvalue weighted by atomic mass is 35.5. The van der Waals surface area contributed by atoms with E-state index in [1.807, 2.05) is 24.3 Å². The van der Waals surface area contributed by atoms with Gasteiger partial charge < -0.3 is 10.1 Å². The van der Waals surface area contributed by atoms with E-state index in [1.54, 1.807) is 24.3 Å². The molecule has 6 nitrogen and oxygen atoms in total. The first-order valence-corrected chi connectivity index (χ1v) is 13.3. The molecule has 0 unspecified atom stereocenters. The third-order valence-corrected chi connectivity index (χ3v) is 7.79. The van der Waals surface area contributed by atoms with Crippen molar-refractivity contribution in [3.8, 4) is 5.75 Å². The summed E-state index contributed by atoms with van der Waals surface area (Å²) < 4.78 is 33.1.